The highest BCUT2D eigenvalue weighted by atomic mass is 35.5. The van der Waals surface area contributed by atoms with Gasteiger partial charge in [-0.05, 0) is 6.07 Å². The molecule has 0 N–H and O–H groups in total. The van der Waals surface area contributed by atoms with Gasteiger partial charge in [0.2, 0.25) is 5.88 Å². The molecule has 2 heterocycles. The summed E-state index contributed by atoms with van der Waals surface area (Å²) < 4.78 is 5.14. The third kappa shape index (κ3) is 3.23. The third-order valence-corrected chi connectivity index (χ3v) is 3.23. The Kier molecular flexibility index (Phi) is 4.45. The van der Waals surface area contributed by atoms with Gasteiger partial charge in [-0.3, -0.25) is 4.90 Å². The van der Waals surface area contributed by atoms with Gasteiger partial charge in [-0.15, -0.1) is 11.6 Å². The number of hydrogen-bond donors (Lipinski definition) is 0. The Labute approximate surface area is 107 Å². The van der Waals surface area contributed by atoms with Crippen LogP contribution in [0.1, 0.15) is 0 Å². The Bertz CT molecular complexity index is 353. The molecule has 2 rings (SSSR count). The van der Waals surface area contributed by atoms with Crippen molar-refractivity contribution >= 4 is 17.3 Å². The smallest absolute Gasteiger partial charge is 0.214 e. The molecule has 94 valence electrons. The van der Waals surface area contributed by atoms with E-state index in [1.807, 2.05) is 12.1 Å². The average molecular weight is 256 g/mol. The minimum Gasteiger partial charge on any atom is -0.481 e. The maximum atomic E-state index is 5.75. The van der Waals surface area contributed by atoms with E-state index in [-0.39, 0.29) is 0 Å². The number of rotatable bonds is 4. The van der Waals surface area contributed by atoms with E-state index in [9.17, 15) is 0 Å². The van der Waals surface area contributed by atoms with Crippen LogP contribution in [0.4, 0.5) is 5.69 Å². The molecule has 0 spiro atoms. The molecule has 5 heteroatoms. The summed E-state index contributed by atoms with van der Waals surface area (Å²) in [6.07, 6.45) is 1.79. The Hall–Kier alpha value is -1.00. The molecule has 0 radical (unpaired) electrons. The molecule has 1 aromatic heterocycles. The summed E-state index contributed by atoms with van der Waals surface area (Å²) in [5, 5.41) is 0. The lowest BCUT2D eigenvalue weighted by Crippen LogP contribution is -2.46. The summed E-state index contributed by atoms with van der Waals surface area (Å²) >= 11 is 5.75. The van der Waals surface area contributed by atoms with Crippen molar-refractivity contribution in [1.82, 2.24) is 9.88 Å². The number of hydrogen-bond acceptors (Lipinski definition) is 4. The van der Waals surface area contributed by atoms with Crippen LogP contribution in [0.5, 0.6) is 5.88 Å². The lowest BCUT2D eigenvalue weighted by atomic mass is 10.2. The number of aromatic nitrogens is 1. The molecule has 0 atom stereocenters. The van der Waals surface area contributed by atoms with E-state index in [2.05, 4.69) is 14.8 Å². The Morgan fingerprint density at radius 2 is 2.12 bits per heavy atom. The molecule has 1 aliphatic rings. The molecule has 4 nitrogen and oxygen atoms in total. The van der Waals surface area contributed by atoms with E-state index in [0.717, 1.165) is 32.7 Å². The summed E-state index contributed by atoms with van der Waals surface area (Å²) in [6.45, 7) is 5.18. The fraction of sp³-hybridized carbons (Fsp3) is 0.583. The van der Waals surface area contributed by atoms with E-state index in [1.54, 1.807) is 13.3 Å². The van der Waals surface area contributed by atoms with Crippen molar-refractivity contribution in [3.05, 3.63) is 18.3 Å². The minimum atomic E-state index is 0.672. The molecule has 1 aliphatic heterocycles. The zero-order chi connectivity index (χ0) is 12.1. The molecule has 1 fully saturated rings. The van der Waals surface area contributed by atoms with Gasteiger partial charge in [0.25, 0.3) is 0 Å². The van der Waals surface area contributed by atoms with E-state index < -0.39 is 0 Å². The van der Waals surface area contributed by atoms with E-state index in [0.29, 0.717) is 11.8 Å². The van der Waals surface area contributed by atoms with E-state index in [4.69, 9.17) is 16.3 Å². The molecule has 0 unspecified atom stereocenters. The van der Waals surface area contributed by atoms with Gasteiger partial charge in [-0.25, -0.2) is 4.98 Å². The zero-order valence-corrected chi connectivity index (χ0v) is 10.9. The summed E-state index contributed by atoms with van der Waals surface area (Å²) in [7, 11) is 1.64. The SMILES string of the molecule is COc1cc(N2CCN(CCCl)CC2)ccn1. The van der Waals surface area contributed by atoms with Gasteiger partial charge >= 0.3 is 0 Å². The fourth-order valence-corrected chi connectivity index (χ4v) is 2.30. The summed E-state index contributed by atoms with van der Waals surface area (Å²) in [5.41, 5.74) is 1.18. The normalized spacial score (nSPS) is 17.2. The number of methoxy groups -OCH3 is 1. The summed E-state index contributed by atoms with van der Waals surface area (Å²) in [6, 6.07) is 4.01. The maximum Gasteiger partial charge on any atom is 0.214 e. The molecule has 0 bridgehead atoms. The van der Waals surface area contributed by atoms with Gasteiger partial charge in [-0.2, -0.15) is 0 Å². The number of piperazine rings is 1. The van der Waals surface area contributed by atoms with Crippen LogP contribution < -0.4 is 9.64 Å². The Morgan fingerprint density at radius 3 is 2.76 bits per heavy atom. The lowest BCUT2D eigenvalue weighted by molar-refractivity contribution is 0.272. The number of anilines is 1. The second-order valence-electron chi connectivity index (χ2n) is 4.07. The predicted octanol–water partition coefficient (Wildman–Crippen LogP) is 1.45. The molecule has 17 heavy (non-hydrogen) atoms. The molecule has 0 aromatic carbocycles. The Morgan fingerprint density at radius 1 is 1.35 bits per heavy atom. The molecule has 0 saturated carbocycles. The standard InChI is InChI=1S/C12H18ClN3O/c1-17-12-10-11(2-4-14-12)16-8-6-15(5-3-13)7-9-16/h2,4,10H,3,5-9H2,1H3. The topological polar surface area (TPSA) is 28.6 Å². The summed E-state index contributed by atoms with van der Waals surface area (Å²) in [5.74, 6) is 1.38. The fourth-order valence-electron chi connectivity index (χ4n) is 2.06. The van der Waals surface area contributed by atoms with Crippen LogP contribution in [-0.4, -0.2) is 55.6 Å². The van der Waals surface area contributed by atoms with Gasteiger partial charge in [-0.1, -0.05) is 0 Å². The third-order valence-electron chi connectivity index (χ3n) is 3.07. The largest absolute Gasteiger partial charge is 0.481 e. The van der Waals surface area contributed by atoms with E-state index in [1.165, 1.54) is 5.69 Å². The van der Waals surface area contributed by atoms with Crippen molar-refractivity contribution in [3.63, 3.8) is 0 Å². The van der Waals surface area contributed by atoms with Crippen LogP contribution in [0.15, 0.2) is 18.3 Å². The first-order valence-electron chi connectivity index (χ1n) is 5.87. The molecule has 1 aromatic rings. The predicted molar refractivity (Wildman–Crippen MR) is 70.2 cm³/mol. The summed E-state index contributed by atoms with van der Waals surface area (Å²) in [4.78, 5) is 8.87. The first-order valence-corrected chi connectivity index (χ1v) is 6.40. The Balaban J connectivity index is 1.95. The van der Waals surface area contributed by atoms with Gasteiger partial charge in [0, 0.05) is 56.6 Å². The second-order valence-corrected chi connectivity index (χ2v) is 4.45. The van der Waals surface area contributed by atoms with Gasteiger partial charge < -0.3 is 9.64 Å². The lowest BCUT2D eigenvalue weighted by Gasteiger charge is -2.35. The van der Waals surface area contributed by atoms with Crippen molar-refractivity contribution in [2.24, 2.45) is 0 Å². The molecule has 0 aliphatic carbocycles. The highest BCUT2D eigenvalue weighted by Crippen LogP contribution is 2.19. The molecular formula is C12H18ClN3O. The van der Waals surface area contributed by atoms with Crippen LogP contribution >= 0.6 is 11.6 Å². The highest BCUT2D eigenvalue weighted by molar-refractivity contribution is 6.18. The monoisotopic (exact) mass is 255 g/mol. The van der Waals surface area contributed by atoms with Crippen molar-refractivity contribution < 1.29 is 4.74 Å². The number of ether oxygens (including phenoxy) is 1. The van der Waals surface area contributed by atoms with Crippen molar-refractivity contribution in [1.29, 1.82) is 0 Å². The van der Waals surface area contributed by atoms with Crippen molar-refractivity contribution in [2.75, 3.05) is 50.6 Å². The van der Waals surface area contributed by atoms with Crippen LogP contribution in [-0.2, 0) is 0 Å². The van der Waals surface area contributed by atoms with Crippen LogP contribution in [0.2, 0.25) is 0 Å². The van der Waals surface area contributed by atoms with Crippen LogP contribution in [0.3, 0.4) is 0 Å². The molecule has 0 amide bonds. The molecule has 1 saturated heterocycles. The first kappa shape index (κ1) is 12.5. The van der Waals surface area contributed by atoms with Crippen LogP contribution in [0, 0.1) is 0 Å². The first-order chi connectivity index (χ1) is 8.33. The quantitative estimate of drug-likeness (QED) is 0.762. The number of pyridine rings is 1. The van der Waals surface area contributed by atoms with Gasteiger partial charge in [0.1, 0.15) is 0 Å². The van der Waals surface area contributed by atoms with E-state index >= 15 is 0 Å². The number of halogens is 1. The number of alkyl halides is 1. The van der Waals surface area contributed by atoms with Gasteiger partial charge in [0.05, 0.1) is 7.11 Å². The zero-order valence-electron chi connectivity index (χ0n) is 10.1. The highest BCUT2D eigenvalue weighted by Gasteiger charge is 2.16. The van der Waals surface area contributed by atoms with Crippen molar-refractivity contribution in [3.8, 4) is 5.88 Å². The van der Waals surface area contributed by atoms with Crippen molar-refractivity contribution in [2.45, 2.75) is 0 Å². The van der Waals surface area contributed by atoms with Gasteiger partial charge in [0.15, 0.2) is 0 Å². The van der Waals surface area contributed by atoms with Crippen LogP contribution in [0.25, 0.3) is 0 Å². The average Bonchev–Trinajstić information content (AvgIpc) is 2.40. The molecular weight excluding hydrogens is 238 g/mol. The second kappa shape index (κ2) is 6.07. The maximum absolute atomic E-state index is 5.75. The minimum absolute atomic E-state index is 0.672. The number of nitrogens with zero attached hydrogens (tertiary/aromatic N) is 3.